The van der Waals surface area contributed by atoms with Crippen LogP contribution in [0.15, 0.2) is 27.9 Å². The molecule has 3 N–H and O–H groups in total. The normalized spacial score (nSPS) is 27.2. The minimum absolute atomic E-state index is 0.0661. The van der Waals surface area contributed by atoms with Crippen LogP contribution in [0, 0.1) is 30.6 Å². The first kappa shape index (κ1) is 17.3. The largest absolute Gasteiger partial charge is 0.481 e. The Kier molecular flexibility index (Phi) is 4.41. The van der Waals surface area contributed by atoms with Crippen LogP contribution in [0.3, 0.4) is 0 Å². The predicted molar refractivity (Wildman–Crippen MR) is 88.3 cm³/mol. The number of aliphatic carboxylic acids is 1. The summed E-state index contributed by atoms with van der Waals surface area (Å²) < 4.78 is 5.06. The Labute approximate surface area is 145 Å². The molecule has 0 aliphatic heterocycles. The maximum absolute atomic E-state index is 12.6. The van der Waals surface area contributed by atoms with Gasteiger partial charge in [0.2, 0.25) is 5.91 Å². The maximum Gasteiger partial charge on any atom is 0.307 e. The Balaban J connectivity index is 1.75. The molecule has 3 rings (SSSR count). The molecule has 0 saturated heterocycles. The topological polar surface area (TPSA) is 109 Å². The van der Waals surface area contributed by atoms with E-state index in [1.165, 1.54) is 12.3 Å². The number of carboxylic acid groups (broad SMARTS) is 1. The van der Waals surface area contributed by atoms with Gasteiger partial charge >= 0.3 is 5.97 Å². The number of fused-ring (bicyclic) bond motifs is 2. The first-order valence-corrected chi connectivity index (χ1v) is 8.37. The molecular formula is C18H22N2O5. The second kappa shape index (κ2) is 6.38. The molecule has 0 spiro atoms. The zero-order valence-electron chi connectivity index (χ0n) is 14.5. The number of carboxylic acids is 1. The Morgan fingerprint density at radius 1 is 1.12 bits per heavy atom. The van der Waals surface area contributed by atoms with Gasteiger partial charge in [-0.05, 0) is 51.5 Å². The van der Waals surface area contributed by atoms with E-state index in [1.807, 2.05) is 13.8 Å². The van der Waals surface area contributed by atoms with Crippen LogP contribution in [0.4, 0.5) is 0 Å². The Bertz CT molecular complexity index is 759. The van der Waals surface area contributed by atoms with Crippen LogP contribution in [0.1, 0.15) is 42.8 Å². The number of furan rings is 1. The summed E-state index contributed by atoms with van der Waals surface area (Å²) in [4.78, 5) is 36.5. The van der Waals surface area contributed by atoms with Crippen molar-refractivity contribution in [2.45, 2.75) is 33.6 Å². The number of hydrogen-bond acceptors (Lipinski definition) is 4. The van der Waals surface area contributed by atoms with Gasteiger partial charge in [0.05, 0.1) is 23.7 Å². The third-order valence-corrected chi connectivity index (χ3v) is 5.41. The molecule has 2 bridgehead atoms. The van der Waals surface area contributed by atoms with Gasteiger partial charge in [-0.25, -0.2) is 0 Å². The van der Waals surface area contributed by atoms with E-state index in [2.05, 4.69) is 10.9 Å². The molecule has 4 atom stereocenters. The summed E-state index contributed by atoms with van der Waals surface area (Å²) in [6.07, 6.45) is 3.00. The monoisotopic (exact) mass is 346 g/mol. The van der Waals surface area contributed by atoms with Crippen molar-refractivity contribution in [1.82, 2.24) is 10.9 Å². The van der Waals surface area contributed by atoms with Crippen LogP contribution in [-0.4, -0.2) is 22.9 Å². The molecule has 0 unspecified atom stereocenters. The number of hydrogen-bond donors (Lipinski definition) is 3. The van der Waals surface area contributed by atoms with Crippen molar-refractivity contribution >= 4 is 17.8 Å². The summed E-state index contributed by atoms with van der Waals surface area (Å²) in [7, 11) is 0. The smallest absolute Gasteiger partial charge is 0.307 e. The highest BCUT2D eigenvalue weighted by atomic mass is 16.4. The highest BCUT2D eigenvalue weighted by Crippen LogP contribution is 2.57. The highest BCUT2D eigenvalue weighted by molar-refractivity contribution is 5.97. The van der Waals surface area contributed by atoms with Gasteiger partial charge in [-0.15, -0.1) is 0 Å². The number of allylic oxidation sites excluding steroid dienone is 2. The number of rotatable bonds is 3. The first-order valence-electron chi connectivity index (χ1n) is 8.37. The number of aryl methyl sites for hydroxylation is 1. The second-order valence-corrected chi connectivity index (χ2v) is 6.97. The Hall–Kier alpha value is -2.57. The molecule has 1 aromatic rings. The van der Waals surface area contributed by atoms with Crippen molar-refractivity contribution in [2.75, 3.05) is 0 Å². The maximum atomic E-state index is 12.6. The molecule has 7 nitrogen and oxygen atoms in total. The molecule has 0 radical (unpaired) electrons. The van der Waals surface area contributed by atoms with Crippen LogP contribution in [0.5, 0.6) is 0 Å². The molecule has 7 heteroatoms. The molecule has 0 aromatic carbocycles. The number of hydrazine groups is 1. The summed E-state index contributed by atoms with van der Waals surface area (Å²) in [5.41, 5.74) is 7.28. The van der Waals surface area contributed by atoms with Gasteiger partial charge in [0.1, 0.15) is 5.76 Å². The lowest BCUT2D eigenvalue weighted by molar-refractivity contribution is -0.149. The third kappa shape index (κ3) is 2.83. The highest BCUT2D eigenvalue weighted by Gasteiger charge is 2.57. The lowest BCUT2D eigenvalue weighted by Gasteiger charge is -2.26. The van der Waals surface area contributed by atoms with Crippen LogP contribution in [0.2, 0.25) is 0 Å². The van der Waals surface area contributed by atoms with E-state index < -0.39 is 29.6 Å². The number of nitrogens with one attached hydrogen (secondary N) is 2. The molecule has 1 aromatic heterocycles. The minimum Gasteiger partial charge on any atom is -0.481 e. The zero-order chi connectivity index (χ0) is 18.3. The van der Waals surface area contributed by atoms with E-state index in [1.54, 1.807) is 6.92 Å². The van der Waals surface area contributed by atoms with Gasteiger partial charge < -0.3 is 9.52 Å². The van der Waals surface area contributed by atoms with Crippen molar-refractivity contribution < 1.29 is 23.9 Å². The van der Waals surface area contributed by atoms with Gasteiger partial charge in [0.25, 0.3) is 5.91 Å². The predicted octanol–water partition coefficient (Wildman–Crippen LogP) is 2.04. The molecule has 2 amide bonds. The summed E-state index contributed by atoms with van der Waals surface area (Å²) >= 11 is 0. The lowest BCUT2D eigenvalue weighted by Crippen LogP contribution is -2.48. The molecule has 2 saturated carbocycles. The summed E-state index contributed by atoms with van der Waals surface area (Å²) in [5, 5.41) is 9.62. The second-order valence-electron chi connectivity index (χ2n) is 6.97. The van der Waals surface area contributed by atoms with Crippen LogP contribution < -0.4 is 10.9 Å². The van der Waals surface area contributed by atoms with E-state index in [0.717, 1.165) is 24.0 Å². The van der Waals surface area contributed by atoms with Crippen molar-refractivity contribution in [3.63, 3.8) is 0 Å². The van der Waals surface area contributed by atoms with Gasteiger partial charge in [-0.3, -0.25) is 25.2 Å². The fraction of sp³-hybridized carbons (Fsp3) is 0.500. The average Bonchev–Trinajstić information content (AvgIpc) is 3.24. The summed E-state index contributed by atoms with van der Waals surface area (Å²) in [6, 6.07) is 1.51. The van der Waals surface area contributed by atoms with Crippen molar-refractivity contribution in [1.29, 1.82) is 0 Å². The van der Waals surface area contributed by atoms with Crippen LogP contribution in [-0.2, 0) is 9.59 Å². The first-order chi connectivity index (χ1) is 11.8. The summed E-state index contributed by atoms with van der Waals surface area (Å²) in [6.45, 7) is 5.57. The molecule has 1 heterocycles. The van der Waals surface area contributed by atoms with Gasteiger partial charge in [-0.2, -0.15) is 0 Å². The Morgan fingerprint density at radius 3 is 2.28 bits per heavy atom. The number of carbonyl (C=O) groups excluding carboxylic acids is 2. The van der Waals surface area contributed by atoms with Crippen molar-refractivity contribution in [3.05, 3.63) is 34.8 Å². The number of carbonyl (C=O) groups is 3. The number of amides is 2. The minimum atomic E-state index is -0.955. The molecule has 2 aliphatic carbocycles. The van der Waals surface area contributed by atoms with Crippen molar-refractivity contribution in [3.8, 4) is 0 Å². The average molecular weight is 346 g/mol. The quantitative estimate of drug-likeness (QED) is 0.573. The molecule has 2 aliphatic rings. The van der Waals surface area contributed by atoms with E-state index in [4.69, 9.17) is 4.42 Å². The van der Waals surface area contributed by atoms with E-state index in [9.17, 15) is 19.5 Å². The Morgan fingerprint density at radius 2 is 1.76 bits per heavy atom. The third-order valence-electron chi connectivity index (χ3n) is 5.41. The SMILES string of the molecule is CC(C)=C1[C@H]2CC[C@H]1[C@@H](C(=O)NNC(=O)c1ccoc1C)[C@H]2C(=O)O. The van der Waals surface area contributed by atoms with Gasteiger partial charge in [0.15, 0.2) is 0 Å². The van der Waals surface area contributed by atoms with E-state index in [0.29, 0.717) is 11.3 Å². The molecule has 2 fully saturated rings. The molecular weight excluding hydrogens is 324 g/mol. The fourth-order valence-electron chi connectivity index (χ4n) is 4.49. The fourth-order valence-corrected chi connectivity index (χ4v) is 4.49. The van der Waals surface area contributed by atoms with Gasteiger partial charge in [0, 0.05) is 0 Å². The summed E-state index contributed by atoms with van der Waals surface area (Å²) in [5.74, 6) is -3.00. The molecule has 25 heavy (non-hydrogen) atoms. The van der Waals surface area contributed by atoms with Crippen molar-refractivity contribution in [2.24, 2.45) is 23.7 Å². The van der Waals surface area contributed by atoms with E-state index >= 15 is 0 Å². The van der Waals surface area contributed by atoms with Crippen LogP contribution >= 0.6 is 0 Å². The van der Waals surface area contributed by atoms with E-state index in [-0.39, 0.29) is 11.8 Å². The molecule has 134 valence electrons. The van der Waals surface area contributed by atoms with Crippen LogP contribution in [0.25, 0.3) is 0 Å². The lowest BCUT2D eigenvalue weighted by atomic mass is 9.79. The van der Waals surface area contributed by atoms with Gasteiger partial charge in [-0.1, -0.05) is 11.1 Å². The zero-order valence-corrected chi connectivity index (χ0v) is 14.5. The standard InChI is InChI=1S/C18H22N2O5/c1-8(2)13-11-4-5-12(13)15(18(23)24)14(11)17(22)20-19-16(21)10-6-7-25-9(10)3/h6-7,11-12,14-15H,4-5H2,1-3H3,(H,19,21)(H,20,22)(H,23,24)/t11-,12-,14-,15+/m1/s1.